The van der Waals surface area contributed by atoms with Crippen molar-refractivity contribution in [2.75, 3.05) is 6.61 Å². The van der Waals surface area contributed by atoms with E-state index in [0.717, 1.165) is 10.0 Å². The summed E-state index contributed by atoms with van der Waals surface area (Å²) in [5.41, 5.74) is 1.58. The van der Waals surface area contributed by atoms with Gasteiger partial charge in [0.1, 0.15) is 11.3 Å². The van der Waals surface area contributed by atoms with Gasteiger partial charge in [0.2, 0.25) is 0 Å². The van der Waals surface area contributed by atoms with Gasteiger partial charge in [-0.1, -0.05) is 46.3 Å². The lowest BCUT2D eigenvalue weighted by Gasteiger charge is -2.14. The zero-order valence-corrected chi connectivity index (χ0v) is 14.3. The normalized spacial score (nSPS) is 10.5. The molecule has 0 heterocycles. The highest BCUT2D eigenvalue weighted by atomic mass is 79.9. The zero-order chi connectivity index (χ0) is 15.9. The van der Waals surface area contributed by atoms with Crippen LogP contribution in [0.15, 0.2) is 53.0 Å². The topological polar surface area (TPSA) is 35.5 Å². The molecule has 0 saturated carbocycles. The minimum Gasteiger partial charge on any atom is -0.490 e. The van der Waals surface area contributed by atoms with E-state index in [9.17, 15) is 4.79 Å². The van der Waals surface area contributed by atoms with Crippen molar-refractivity contribution in [2.45, 2.75) is 26.4 Å². The van der Waals surface area contributed by atoms with Crippen LogP contribution in [0.3, 0.4) is 0 Å². The molecule has 2 aromatic rings. The van der Waals surface area contributed by atoms with Crippen LogP contribution in [-0.4, -0.2) is 18.7 Å². The Labute approximate surface area is 139 Å². The van der Waals surface area contributed by atoms with Crippen LogP contribution in [0.4, 0.5) is 0 Å². The van der Waals surface area contributed by atoms with Gasteiger partial charge in [0.15, 0.2) is 0 Å². The molecule has 0 atom stereocenters. The number of ether oxygens (including phenoxy) is 2. The number of hydrogen-bond acceptors (Lipinski definition) is 3. The molecule has 4 heteroatoms. The van der Waals surface area contributed by atoms with Gasteiger partial charge in [0.25, 0.3) is 0 Å². The molecular weight excluding hydrogens is 344 g/mol. The summed E-state index contributed by atoms with van der Waals surface area (Å²) in [5.74, 6) is 0.177. The predicted octanol–water partition coefficient (Wildman–Crippen LogP) is 4.64. The third-order valence-electron chi connectivity index (χ3n) is 2.99. The summed E-state index contributed by atoms with van der Waals surface area (Å²) in [7, 11) is 0. The van der Waals surface area contributed by atoms with E-state index in [1.165, 1.54) is 0 Å². The molecule has 0 aliphatic carbocycles. The average molecular weight is 363 g/mol. The van der Waals surface area contributed by atoms with Crippen molar-refractivity contribution in [1.82, 2.24) is 0 Å². The molecule has 0 radical (unpaired) electrons. The lowest BCUT2D eigenvalue weighted by molar-refractivity contribution is 0.0503. The van der Waals surface area contributed by atoms with E-state index < -0.39 is 0 Å². The largest absolute Gasteiger partial charge is 0.490 e. The number of halogens is 1. The van der Waals surface area contributed by atoms with Crippen LogP contribution in [0.25, 0.3) is 0 Å². The molecular formula is C18H19BrO3. The van der Waals surface area contributed by atoms with Gasteiger partial charge in [0, 0.05) is 10.9 Å². The van der Waals surface area contributed by atoms with Crippen LogP contribution < -0.4 is 4.74 Å². The molecule has 0 amide bonds. The molecule has 2 aromatic carbocycles. The SMILES string of the molecule is CC(C)Oc1ccc(Br)cc1C(=O)OCCc1ccccc1. The fraction of sp³-hybridized carbons (Fsp3) is 0.278. The van der Waals surface area contributed by atoms with Gasteiger partial charge in [-0.15, -0.1) is 0 Å². The van der Waals surface area contributed by atoms with Crippen molar-refractivity contribution in [3.63, 3.8) is 0 Å². The first-order valence-corrected chi connectivity index (χ1v) is 8.03. The van der Waals surface area contributed by atoms with E-state index in [1.54, 1.807) is 12.1 Å². The second-order valence-electron chi connectivity index (χ2n) is 5.18. The first kappa shape index (κ1) is 16.6. The van der Waals surface area contributed by atoms with Crippen LogP contribution in [0.1, 0.15) is 29.8 Å². The minimum absolute atomic E-state index is 0.00274. The summed E-state index contributed by atoms with van der Waals surface area (Å²) in [6.45, 7) is 4.19. The molecule has 0 aliphatic rings. The quantitative estimate of drug-likeness (QED) is 0.702. The van der Waals surface area contributed by atoms with Gasteiger partial charge in [-0.3, -0.25) is 0 Å². The van der Waals surface area contributed by atoms with Crippen LogP contribution in [0.5, 0.6) is 5.75 Å². The minimum atomic E-state index is -0.368. The maximum atomic E-state index is 12.3. The van der Waals surface area contributed by atoms with Gasteiger partial charge in [-0.2, -0.15) is 0 Å². The first-order valence-electron chi connectivity index (χ1n) is 7.23. The second-order valence-corrected chi connectivity index (χ2v) is 6.09. The van der Waals surface area contributed by atoms with E-state index in [2.05, 4.69) is 15.9 Å². The summed E-state index contributed by atoms with van der Waals surface area (Å²) < 4.78 is 11.9. The highest BCUT2D eigenvalue weighted by Gasteiger charge is 2.15. The summed E-state index contributed by atoms with van der Waals surface area (Å²) >= 11 is 3.37. The molecule has 3 nitrogen and oxygen atoms in total. The summed E-state index contributed by atoms with van der Waals surface area (Å²) in [4.78, 5) is 12.3. The molecule has 22 heavy (non-hydrogen) atoms. The zero-order valence-electron chi connectivity index (χ0n) is 12.7. The average Bonchev–Trinajstić information content (AvgIpc) is 2.49. The van der Waals surface area contributed by atoms with Gasteiger partial charge in [-0.05, 0) is 37.6 Å². The van der Waals surface area contributed by atoms with E-state index in [-0.39, 0.29) is 12.1 Å². The van der Waals surface area contributed by atoms with Crippen LogP contribution >= 0.6 is 15.9 Å². The molecule has 0 N–H and O–H groups in total. The molecule has 0 aromatic heterocycles. The maximum absolute atomic E-state index is 12.3. The fourth-order valence-electron chi connectivity index (χ4n) is 2.00. The van der Waals surface area contributed by atoms with E-state index in [1.807, 2.05) is 50.2 Å². The summed E-state index contributed by atoms with van der Waals surface area (Å²) in [6, 6.07) is 15.3. The highest BCUT2D eigenvalue weighted by molar-refractivity contribution is 9.10. The maximum Gasteiger partial charge on any atom is 0.341 e. The Balaban J connectivity index is 2.01. The van der Waals surface area contributed by atoms with Crippen LogP contribution in [0, 0.1) is 0 Å². The Bertz CT molecular complexity index is 623. The third-order valence-corrected chi connectivity index (χ3v) is 3.48. The predicted molar refractivity (Wildman–Crippen MR) is 90.3 cm³/mol. The molecule has 0 spiro atoms. The van der Waals surface area contributed by atoms with Crippen molar-refractivity contribution in [1.29, 1.82) is 0 Å². The van der Waals surface area contributed by atoms with E-state index >= 15 is 0 Å². The Morgan fingerprint density at radius 1 is 1.14 bits per heavy atom. The van der Waals surface area contributed by atoms with Gasteiger partial charge >= 0.3 is 5.97 Å². The van der Waals surface area contributed by atoms with Crippen LogP contribution in [0.2, 0.25) is 0 Å². The van der Waals surface area contributed by atoms with E-state index in [0.29, 0.717) is 24.3 Å². The van der Waals surface area contributed by atoms with Gasteiger partial charge < -0.3 is 9.47 Å². The number of carbonyl (C=O) groups excluding carboxylic acids is 1. The Kier molecular flexibility index (Phi) is 6.01. The lowest BCUT2D eigenvalue weighted by Crippen LogP contribution is -2.13. The van der Waals surface area contributed by atoms with Gasteiger partial charge in [-0.25, -0.2) is 4.79 Å². The molecule has 0 unspecified atom stereocenters. The van der Waals surface area contributed by atoms with Gasteiger partial charge in [0.05, 0.1) is 12.7 Å². The summed E-state index contributed by atoms with van der Waals surface area (Å²) in [6.07, 6.45) is 0.693. The smallest absolute Gasteiger partial charge is 0.341 e. The number of rotatable bonds is 6. The second kappa shape index (κ2) is 7.99. The number of carbonyl (C=O) groups is 1. The molecule has 0 saturated heterocycles. The number of hydrogen-bond donors (Lipinski definition) is 0. The van der Waals surface area contributed by atoms with Crippen LogP contribution in [-0.2, 0) is 11.2 Å². The highest BCUT2D eigenvalue weighted by Crippen LogP contribution is 2.25. The molecule has 0 fully saturated rings. The molecule has 2 rings (SSSR count). The summed E-state index contributed by atoms with van der Waals surface area (Å²) in [5, 5.41) is 0. The Morgan fingerprint density at radius 3 is 2.55 bits per heavy atom. The van der Waals surface area contributed by atoms with Crippen molar-refractivity contribution >= 4 is 21.9 Å². The monoisotopic (exact) mass is 362 g/mol. The van der Waals surface area contributed by atoms with Crippen molar-refractivity contribution in [2.24, 2.45) is 0 Å². The van der Waals surface area contributed by atoms with E-state index in [4.69, 9.17) is 9.47 Å². The standard InChI is InChI=1S/C18H19BrO3/c1-13(2)22-17-9-8-15(19)12-16(17)18(20)21-11-10-14-6-4-3-5-7-14/h3-9,12-13H,10-11H2,1-2H3. The molecule has 116 valence electrons. The number of benzene rings is 2. The Hall–Kier alpha value is -1.81. The first-order chi connectivity index (χ1) is 10.6. The van der Waals surface area contributed by atoms with Crippen molar-refractivity contribution in [3.8, 4) is 5.75 Å². The van der Waals surface area contributed by atoms with Crippen molar-refractivity contribution in [3.05, 3.63) is 64.1 Å². The number of esters is 1. The fourth-order valence-corrected chi connectivity index (χ4v) is 2.36. The Morgan fingerprint density at radius 2 is 1.86 bits per heavy atom. The third kappa shape index (κ3) is 4.88. The molecule has 0 aliphatic heterocycles. The van der Waals surface area contributed by atoms with Crippen molar-refractivity contribution < 1.29 is 14.3 Å². The molecule has 0 bridgehead atoms. The lowest BCUT2D eigenvalue weighted by atomic mass is 10.1.